The second kappa shape index (κ2) is 8.82. The van der Waals surface area contributed by atoms with Crippen LogP contribution in [0.3, 0.4) is 0 Å². The molecule has 0 aliphatic carbocycles. The highest BCUT2D eigenvalue weighted by Crippen LogP contribution is 2.17. The van der Waals surface area contributed by atoms with Gasteiger partial charge in [-0.05, 0) is 55.5 Å². The Labute approximate surface area is 167 Å². The highest BCUT2D eigenvalue weighted by Gasteiger charge is 2.14. The van der Waals surface area contributed by atoms with E-state index < -0.39 is 15.8 Å². The molecular weight excluding hydrogens is 397 g/mol. The molecular formula is C19H20FN5O3S. The largest absolute Gasteiger partial charge is 0.352 e. The summed E-state index contributed by atoms with van der Waals surface area (Å²) in [5.74, 6) is -0.00639. The third-order valence-electron chi connectivity index (χ3n) is 4.19. The average molecular weight is 417 g/mol. The fourth-order valence-corrected chi connectivity index (χ4v) is 3.70. The quantitative estimate of drug-likeness (QED) is 0.585. The van der Waals surface area contributed by atoms with Crippen molar-refractivity contribution >= 4 is 21.6 Å². The number of halogens is 1. The topological polar surface area (TPSA) is 106 Å². The zero-order valence-corrected chi connectivity index (χ0v) is 16.5. The van der Waals surface area contributed by atoms with Gasteiger partial charge in [0.2, 0.25) is 0 Å². The lowest BCUT2D eigenvalue weighted by Gasteiger charge is -2.09. The van der Waals surface area contributed by atoms with Gasteiger partial charge >= 0.3 is 0 Å². The van der Waals surface area contributed by atoms with E-state index in [2.05, 4.69) is 20.2 Å². The Kier molecular flexibility index (Phi) is 6.23. The lowest BCUT2D eigenvalue weighted by molar-refractivity contribution is 0.0954. The molecule has 0 aliphatic rings. The van der Waals surface area contributed by atoms with Gasteiger partial charge in [-0.15, -0.1) is 10.2 Å². The molecule has 0 saturated heterocycles. The molecule has 8 nitrogen and oxygen atoms in total. The lowest BCUT2D eigenvalue weighted by Crippen LogP contribution is -2.26. The number of sulfonamides is 1. The fraction of sp³-hybridized carbons (Fsp3) is 0.211. The van der Waals surface area contributed by atoms with Crippen molar-refractivity contribution < 1.29 is 17.6 Å². The highest BCUT2D eigenvalue weighted by atomic mass is 32.2. The number of hydrogen-bond donors (Lipinski definition) is 2. The van der Waals surface area contributed by atoms with Crippen molar-refractivity contribution in [3.8, 4) is 0 Å². The Morgan fingerprint density at radius 3 is 2.45 bits per heavy atom. The summed E-state index contributed by atoms with van der Waals surface area (Å²) in [6, 6.07) is 10.5. The van der Waals surface area contributed by atoms with Crippen LogP contribution < -0.4 is 10.0 Å². The Hall–Kier alpha value is -3.27. The van der Waals surface area contributed by atoms with E-state index in [1.807, 2.05) is 11.5 Å². The van der Waals surface area contributed by atoms with Crippen molar-refractivity contribution in [2.75, 3.05) is 11.3 Å². The van der Waals surface area contributed by atoms with Crippen molar-refractivity contribution in [2.45, 2.75) is 24.8 Å². The van der Waals surface area contributed by atoms with Crippen molar-refractivity contribution in [2.24, 2.45) is 0 Å². The smallest absolute Gasteiger partial charge is 0.261 e. The molecule has 0 saturated carbocycles. The first-order valence-corrected chi connectivity index (χ1v) is 10.4. The van der Waals surface area contributed by atoms with Crippen LogP contribution in [0.5, 0.6) is 0 Å². The Bertz CT molecular complexity index is 1080. The number of amides is 1. The molecule has 1 aromatic heterocycles. The number of nitrogens with zero attached hydrogens (tertiary/aromatic N) is 3. The molecule has 3 aromatic rings. The molecule has 1 amide bonds. The Balaban J connectivity index is 1.57. The lowest BCUT2D eigenvalue weighted by atomic mass is 10.2. The van der Waals surface area contributed by atoms with Gasteiger partial charge in [-0.3, -0.25) is 9.52 Å². The predicted molar refractivity (Wildman–Crippen MR) is 105 cm³/mol. The third kappa shape index (κ3) is 5.17. The van der Waals surface area contributed by atoms with Gasteiger partial charge in [0.05, 0.1) is 4.90 Å². The van der Waals surface area contributed by atoms with E-state index in [9.17, 15) is 17.6 Å². The van der Waals surface area contributed by atoms with E-state index in [0.29, 0.717) is 24.2 Å². The second-order valence-corrected chi connectivity index (χ2v) is 7.86. The van der Waals surface area contributed by atoms with Crippen molar-refractivity contribution in [3.63, 3.8) is 0 Å². The molecule has 0 unspecified atom stereocenters. The van der Waals surface area contributed by atoms with Crippen molar-refractivity contribution in [1.29, 1.82) is 0 Å². The summed E-state index contributed by atoms with van der Waals surface area (Å²) in [5.41, 5.74) is 0.689. The highest BCUT2D eigenvalue weighted by molar-refractivity contribution is 7.92. The van der Waals surface area contributed by atoms with Crippen LogP contribution in [0.1, 0.15) is 23.1 Å². The normalized spacial score (nSPS) is 11.2. The summed E-state index contributed by atoms with van der Waals surface area (Å²) in [6.07, 6.45) is 2.19. The first-order chi connectivity index (χ1) is 13.9. The number of carbonyl (C=O) groups is 1. The number of hydrogen-bond acceptors (Lipinski definition) is 5. The minimum Gasteiger partial charge on any atom is -0.352 e. The van der Waals surface area contributed by atoms with Gasteiger partial charge < -0.3 is 9.88 Å². The zero-order chi connectivity index (χ0) is 20.9. The van der Waals surface area contributed by atoms with Crippen molar-refractivity contribution in [1.82, 2.24) is 20.1 Å². The van der Waals surface area contributed by atoms with Gasteiger partial charge in [-0.25, -0.2) is 12.8 Å². The molecule has 29 heavy (non-hydrogen) atoms. The van der Waals surface area contributed by atoms with E-state index in [-0.39, 0.29) is 10.8 Å². The number of aromatic nitrogens is 3. The number of aryl methyl sites for hydroxylation is 1. The molecule has 0 atom stereocenters. The van der Waals surface area contributed by atoms with Gasteiger partial charge in [0.25, 0.3) is 15.9 Å². The minimum absolute atomic E-state index is 0.0550. The van der Waals surface area contributed by atoms with E-state index in [1.165, 1.54) is 36.4 Å². The molecule has 0 fully saturated rings. The maximum atomic E-state index is 13.0. The number of nitrogens with one attached hydrogen (secondary N) is 2. The number of benzene rings is 2. The maximum absolute atomic E-state index is 13.0. The van der Waals surface area contributed by atoms with Crippen LogP contribution in [0, 0.1) is 5.82 Å². The number of anilines is 1. The predicted octanol–water partition coefficient (Wildman–Crippen LogP) is 2.21. The molecule has 3 rings (SSSR count). The van der Waals surface area contributed by atoms with Crippen LogP contribution in [-0.2, 0) is 23.0 Å². The van der Waals surface area contributed by atoms with Gasteiger partial charge in [-0.2, -0.15) is 0 Å². The van der Waals surface area contributed by atoms with E-state index in [0.717, 1.165) is 24.5 Å². The molecule has 2 N–H and O–H groups in total. The molecule has 0 aliphatic heterocycles. The molecule has 1 heterocycles. The maximum Gasteiger partial charge on any atom is 0.261 e. The van der Waals surface area contributed by atoms with Crippen LogP contribution in [0.2, 0.25) is 0 Å². The first kappa shape index (κ1) is 20.5. The molecule has 10 heteroatoms. The molecule has 0 spiro atoms. The summed E-state index contributed by atoms with van der Waals surface area (Å²) >= 11 is 0. The summed E-state index contributed by atoms with van der Waals surface area (Å²) < 4.78 is 41.9. The van der Waals surface area contributed by atoms with Gasteiger partial charge in [0.1, 0.15) is 18.0 Å². The molecule has 2 aromatic carbocycles. The Morgan fingerprint density at radius 1 is 1.10 bits per heavy atom. The third-order valence-corrected chi connectivity index (χ3v) is 5.59. The van der Waals surface area contributed by atoms with Gasteiger partial charge in [-0.1, -0.05) is 0 Å². The van der Waals surface area contributed by atoms with Gasteiger partial charge in [0.15, 0.2) is 0 Å². The van der Waals surface area contributed by atoms with Crippen molar-refractivity contribution in [3.05, 3.63) is 72.1 Å². The van der Waals surface area contributed by atoms with Crippen LogP contribution in [0.4, 0.5) is 10.1 Å². The number of rotatable bonds is 8. The Morgan fingerprint density at radius 2 is 1.79 bits per heavy atom. The molecule has 0 bridgehead atoms. The summed E-state index contributed by atoms with van der Waals surface area (Å²) in [6.45, 7) is 3.14. The number of carbonyl (C=O) groups excluding carboxylic acids is 1. The minimum atomic E-state index is -3.84. The van der Waals surface area contributed by atoms with E-state index in [1.54, 1.807) is 6.33 Å². The van der Waals surface area contributed by atoms with Crippen LogP contribution in [0.15, 0.2) is 59.8 Å². The SMILES string of the molecule is CCn1cnnc1CCNC(=O)c1ccc(NS(=O)(=O)c2ccc(F)cc2)cc1. The van der Waals surface area contributed by atoms with Crippen LogP contribution in [-0.4, -0.2) is 35.6 Å². The average Bonchev–Trinajstić information content (AvgIpc) is 3.16. The summed E-state index contributed by atoms with van der Waals surface area (Å²) in [4.78, 5) is 12.2. The standard InChI is InChI=1S/C19H20FN5O3S/c1-2-25-13-22-23-18(25)11-12-21-19(26)14-3-7-16(8-4-14)24-29(27,28)17-9-5-15(20)6-10-17/h3-10,13,24H,2,11-12H2,1H3,(H,21,26). The van der Waals surface area contributed by atoms with Crippen LogP contribution >= 0.6 is 0 Å². The fourth-order valence-electron chi connectivity index (χ4n) is 2.64. The monoisotopic (exact) mass is 417 g/mol. The summed E-state index contributed by atoms with van der Waals surface area (Å²) in [7, 11) is -3.84. The van der Waals surface area contributed by atoms with E-state index in [4.69, 9.17) is 0 Å². The van der Waals surface area contributed by atoms with Gasteiger partial charge in [0, 0.05) is 30.8 Å². The van der Waals surface area contributed by atoms with Crippen LogP contribution in [0.25, 0.3) is 0 Å². The zero-order valence-electron chi connectivity index (χ0n) is 15.7. The molecule has 152 valence electrons. The second-order valence-electron chi connectivity index (χ2n) is 6.18. The molecule has 0 radical (unpaired) electrons. The van der Waals surface area contributed by atoms with E-state index >= 15 is 0 Å². The first-order valence-electron chi connectivity index (χ1n) is 8.92. The summed E-state index contributed by atoms with van der Waals surface area (Å²) in [5, 5.41) is 10.6.